The monoisotopic (exact) mass is 225 g/mol. The molecule has 0 fully saturated rings. The van der Waals surface area contributed by atoms with E-state index in [0.717, 1.165) is 6.42 Å². The molecule has 1 unspecified atom stereocenters. The van der Waals surface area contributed by atoms with Crippen molar-refractivity contribution in [2.45, 2.75) is 40.0 Å². The molecule has 0 aromatic heterocycles. The van der Waals surface area contributed by atoms with Gasteiger partial charge in [0.15, 0.2) is 0 Å². The lowest BCUT2D eigenvalue weighted by Crippen LogP contribution is -1.97. The Morgan fingerprint density at radius 1 is 1.41 bits per heavy atom. The van der Waals surface area contributed by atoms with E-state index in [1.54, 1.807) is 6.08 Å². The molecule has 1 aromatic rings. The van der Waals surface area contributed by atoms with Gasteiger partial charge in [-0.15, -0.1) is 0 Å². The van der Waals surface area contributed by atoms with Crippen molar-refractivity contribution in [2.24, 2.45) is 5.92 Å². The summed E-state index contributed by atoms with van der Waals surface area (Å²) in [4.78, 5) is 0. The zero-order chi connectivity index (χ0) is 12.4. The van der Waals surface area contributed by atoms with Crippen LogP contribution in [-0.2, 0) is 6.42 Å². The summed E-state index contributed by atoms with van der Waals surface area (Å²) in [6.45, 7) is 6.53. The van der Waals surface area contributed by atoms with Crippen LogP contribution in [0.5, 0.6) is 0 Å². The molecule has 0 bridgehead atoms. The van der Waals surface area contributed by atoms with E-state index in [9.17, 15) is 0 Å². The summed E-state index contributed by atoms with van der Waals surface area (Å²) in [5.41, 5.74) is 6.71. The van der Waals surface area contributed by atoms with Crippen molar-refractivity contribution < 1.29 is 0 Å². The predicted molar refractivity (Wildman–Crippen MR) is 71.6 cm³/mol. The Morgan fingerprint density at radius 2 is 2.18 bits per heavy atom. The molecular formula is C16H19N. The largest absolute Gasteiger partial charge is 0.193 e. The maximum absolute atomic E-state index is 8.95. The molecule has 0 aliphatic heterocycles. The van der Waals surface area contributed by atoms with Crippen LogP contribution in [0.25, 0.3) is 5.57 Å². The summed E-state index contributed by atoms with van der Waals surface area (Å²) in [5, 5.41) is 8.95. The van der Waals surface area contributed by atoms with Gasteiger partial charge >= 0.3 is 0 Å². The molecule has 0 spiro atoms. The lowest BCUT2D eigenvalue weighted by Gasteiger charge is -2.09. The van der Waals surface area contributed by atoms with Crippen molar-refractivity contribution in [3.8, 4) is 6.07 Å². The summed E-state index contributed by atoms with van der Waals surface area (Å²) in [5.74, 6) is 0.551. The zero-order valence-corrected chi connectivity index (χ0v) is 10.9. The van der Waals surface area contributed by atoms with E-state index in [4.69, 9.17) is 5.26 Å². The number of hydrogen-bond acceptors (Lipinski definition) is 1. The highest BCUT2D eigenvalue weighted by molar-refractivity contribution is 5.77. The highest BCUT2D eigenvalue weighted by atomic mass is 14.3. The minimum Gasteiger partial charge on any atom is -0.193 e. The lowest BCUT2D eigenvalue weighted by molar-refractivity contribution is 0.612. The minimum absolute atomic E-state index is 0.551. The van der Waals surface area contributed by atoms with E-state index in [0.29, 0.717) is 5.92 Å². The van der Waals surface area contributed by atoms with Crippen molar-refractivity contribution >= 4 is 5.57 Å². The quantitative estimate of drug-likeness (QED) is 0.692. The molecule has 0 amide bonds. The van der Waals surface area contributed by atoms with Gasteiger partial charge in [0.05, 0.1) is 6.07 Å². The SMILES string of the molecule is CCCC1Cc2c(C)cc(C)cc2/C1=C/C#N. The van der Waals surface area contributed by atoms with Crippen molar-refractivity contribution in [2.75, 3.05) is 0 Å². The molecule has 1 heteroatoms. The molecule has 2 rings (SSSR count). The highest BCUT2D eigenvalue weighted by Crippen LogP contribution is 2.41. The van der Waals surface area contributed by atoms with Gasteiger partial charge in [-0.05, 0) is 54.9 Å². The minimum atomic E-state index is 0.551. The van der Waals surface area contributed by atoms with Crippen molar-refractivity contribution in [3.63, 3.8) is 0 Å². The highest BCUT2D eigenvalue weighted by Gasteiger charge is 2.27. The van der Waals surface area contributed by atoms with Crippen molar-refractivity contribution in [3.05, 3.63) is 40.5 Å². The van der Waals surface area contributed by atoms with Gasteiger partial charge in [0.1, 0.15) is 0 Å². The van der Waals surface area contributed by atoms with Gasteiger partial charge in [0, 0.05) is 6.08 Å². The molecule has 1 atom stereocenters. The van der Waals surface area contributed by atoms with Gasteiger partial charge < -0.3 is 0 Å². The maximum atomic E-state index is 8.95. The molecule has 1 aromatic carbocycles. The smallest absolute Gasteiger partial charge is 0.0915 e. The van der Waals surface area contributed by atoms with Crippen LogP contribution >= 0.6 is 0 Å². The molecule has 0 saturated heterocycles. The van der Waals surface area contributed by atoms with E-state index >= 15 is 0 Å². The van der Waals surface area contributed by atoms with Gasteiger partial charge in [-0.1, -0.05) is 31.0 Å². The van der Waals surface area contributed by atoms with E-state index in [2.05, 4.69) is 39.0 Å². The van der Waals surface area contributed by atoms with Crippen LogP contribution in [0.15, 0.2) is 18.2 Å². The first-order valence-corrected chi connectivity index (χ1v) is 6.37. The third kappa shape index (κ3) is 2.13. The Kier molecular flexibility index (Phi) is 3.33. The number of fused-ring (bicyclic) bond motifs is 1. The Bertz CT molecular complexity index is 503. The van der Waals surface area contributed by atoms with Crippen molar-refractivity contribution in [1.82, 2.24) is 0 Å². The number of rotatable bonds is 2. The second-order valence-corrected chi connectivity index (χ2v) is 5.03. The second kappa shape index (κ2) is 4.75. The van der Waals surface area contributed by atoms with Gasteiger partial charge in [-0.25, -0.2) is 0 Å². The number of allylic oxidation sites excluding steroid dienone is 2. The topological polar surface area (TPSA) is 23.8 Å². The van der Waals surface area contributed by atoms with E-state index < -0.39 is 0 Å². The molecule has 88 valence electrons. The third-order valence-corrected chi connectivity index (χ3v) is 3.68. The molecule has 1 aliphatic rings. The van der Waals surface area contributed by atoms with Gasteiger partial charge in [-0.3, -0.25) is 0 Å². The Balaban J connectivity index is 2.52. The van der Waals surface area contributed by atoms with Gasteiger partial charge in [0.25, 0.3) is 0 Å². The van der Waals surface area contributed by atoms with Gasteiger partial charge in [-0.2, -0.15) is 5.26 Å². The molecule has 0 saturated carbocycles. The molecule has 0 radical (unpaired) electrons. The van der Waals surface area contributed by atoms with Crippen molar-refractivity contribution in [1.29, 1.82) is 5.26 Å². The average molecular weight is 225 g/mol. The molecule has 0 heterocycles. The zero-order valence-electron chi connectivity index (χ0n) is 10.9. The first-order valence-electron chi connectivity index (χ1n) is 6.37. The number of hydrogen-bond donors (Lipinski definition) is 0. The Morgan fingerprint density at radius 3 is 2.82 bits per heavy atom. The fourth-order valence-corrected chi connectivity index (χ4v) is 2.97. The first-order chi connectivity index (χ1) is 8.17. The number of aryl methyl sites for hydroxylation is 2. The van der Waals surface area contributed by atoms with Crippen LogP contribution in [0, 0.1) is 31.1 Å². The second-order valence-electron chi connectivity index (χ2n) is 5.03. The fraction of sp³-hybridized carbons (Fsp3) is 0.438. The van der Waals surface area contributed by atoms with E-state index in [1.807, 2.05) is 0 Å². The molecule has 0 N–H and O–H groups in total. The standard InChI is InChI=1S/C16H19N/c1-4-5-13-10-15-12(3)8-11(2)9-16(15)14(13)6-7-17/h6,8-9,13H,4-5,10H2,1-3H3/b14-6+. The number of benzene rings is 1. The summed E-state index contributed by atoms with van der Waals surface area (Å²) < 4.78 is 0. The van der Waals surface area contributed by atoms with Crippen LogP contribution in [0.2, 0.25) is 0 Å². The average Bonchev–Trinajstić information content (AvgIpc) is 2.59. The van der Waals surface area contributed by atoms with Crippen LogP contribution in [0.1, 0.15) is 42.0 Å². The molecule has 1 aliphatic carbocycles. The predicted octanol–water partition coefficient (Wildman–Crippen LogP) is 4.18. The fourth-order valence-electron chi connectivity index (χ4n) is 2.97. The van der Waals surface area contributed by atoms with Crippen LogP contribution < -0.4 is 0 Å². The summed E-state index contributed by atoms with van der Waals surface area (Å²) in [6, 6.07) is 6.70. The van der Waals surface area contributed by atoms with Gasteiger partial charge in [0.2, 0.25) is 0 Å². The Hall–Kier alpha value is -1.55. The number of nitriles is 1. The molecule has 1 nitrogen and oxygen atoms in total. The van der Waals surface area contributed by atoms with Crippen LogP contribution in [0.3, 0.4) is 0 Å². The summed E-state index contributed by atoms with van der Waals surface area (Å²) >= 11 is 0. The summed E-state index contributed by atoms with van der Waals surface area (Å²) in [7, 11) is 0. The number of nitrogens with zero attached hydrogens (tertiary/aromatic N) is 1. The van der Waals surface area contributed by atoms with Crippen LogP contribution in [0.4, 0.5) is 0 Å². The van der Waals surface area contributed by atoms with E-state index in [-0.39, 0.29) is 0 Å². The molecule has 17 heavy (non-hydrogen) atoms. The lowest BCUT2D eigenvalue weighted by atomic mass is 9.95. The summed E-state index contributed by atoms with van der Waals surface area (Å²) in [6.07, 6.45) is 5.23. The van der Waals surface area contributed by atoms with Crippen LogP contribution in [-0.4, -0.2) is 0 Å². The third-order valence-electron chi connectivity index (χ3n) is 3.68. The van der Waals surface area contributed by atoms with E-state index in [1.165, 1.54) is 40.7 Å². The Labute approximate surface area is 104 Å². The first kappa shape index (κ1) is 11.9. The maximum Gasteiger partial charge on any atom is 0.0915 e. The molecular weight excluding hydrogens is 206 g/mol. The normalized spacial score (nSPS) is 20.4.